The van der Waals surface area contributed by atoms with Crippen molar-refractivity contribution in [3.63, 3.8) is 0 Å². The smallest absolute Gasteiger partial charge is 0.408 e. The molecule has 2 atom stereocenters. The fourth-order valence-corrected chi connectivity index (χ4v) is 6.49. The molecular formula is C37H45N3O6S. The molecule has 47 heavy (non-hydrogen) atoms. The van der Waals surface area contributed by atoms with Crippen LogP contribution in [0.2, 0.25) is 0 Å². The first-order valence-electron chi connectivity index (χ1n) is 15.5. The molecule has 0 heterocycles. The van der Waals surface area contributed by atoms with Gasteiger partial charge in [0.25, 0.3) is 5.91 Å². The lowest BCUT2D eigenvalue weighted by Crippen LogP contribution is -2.52. The average molecular weight is 660 g/mol. The second-order valence-electron chi connectivity index (χ2n) is 12.2. The van der Waals surface area contributed by atoms with Crippen molar-refractivity contribution in [2.75, 3.05) is 12.9 Å². The first-order valence-corrected chi connectivity index (χ1v) is 16.5. The fraction of sp³-hybridized carbons (Fsp3) is 0.351. The summed E-state index contributed by atoms with van der Waals surface area (Å²) in [6.07, 6.45) is 0.655. The molecule has 0 spiro atoms. The highest BCUT2D eigenvalue weighted by Crippen LogP contribution is 2.48. The maximum Gasteiger partial charge on any atom is 0.408 e. The minimum atomic E-state index is -1.13. The average Bonchev–Trinajstić information content (AvgIpc) is 3.05. The van der Waals surface area contributed by atoms with Gasteiger partial charge in [-0.05, 0) is 50.3 Å². The van der Waals surface area contributed by atoms with Gasteiger partial charge >= 0.3 is 12.1 Å². The van der Waals surface area contributed by atoms with E-state index in [1.165, 1.54) is 24.9 Å². The van der Waals surface area contributed by atoms with Crippen molar-refractivity contribution in [2.45, 2.75) is 64.0 Å². The largest absolute Gasteiger partial charge is 0.467 e. The maximum absolute atomic E-state index is 13.9. The van der Waals surface area contributed by atoms with Gasteiger partial charge in [0, 0.05) is 5.75 Å². The molecule has 0 aromatic heterocycles. The lowest BCUT2D eigenvalue weighted by molar-refractivity contribution is -0.146. The Hall–Kier alpha value is -4.57. The number of benzene rings is 3. The standard InChI is InChI=1S/C37H45N3O6S/c1-8-29(32(41)40-31(25(2)3)34(43)45-7)38-33(42)30(39-35(44)46-36(4,5)6)24-47-37(26-18-12-9-13-19-26,27-20-14-10-15-21-27)28-22-16-11-17-23-28/h8-23,25,30-31H,24H2,1-7H3,(H,38,42)(H,39,44)(H,40,41)/b29-8-/t30-,31+/m1/s1. The lowest BCUT2D eigenvalue weighted by Gasteiger charge is -2.36. The SMILES string of the molecule is C/C=C(\NC(=O)[C@@H](CSC(c1ccccc1)(c1ccccc1)c1ccccc1)NC(=O)OC(C)(C)C)C(=O)N[C@H](C(=O)OC)C(C)C. The van der Waals surface area contributed by atoms with Crippen molar-refractivity contribution < 1.29 is 28.7 Å². The molecule has 3 rings (SSSR count). The van der Waals surface area contributed by atoms with Gasteiger partial charge in [-0.2, -0.15) is 0 Å². The summed E-state index contributed by atoms with van der Waals surface area (Å²) in [7, 11) is 1.24. The number of allylic oxidation sites excluding steroid dienone is 1. The molecule has 0 aliphatic heterocycles. The van der Waals surface area contributed by atoms with E-state index in [0.717, 1.165) is 16.7 Å². The van der Waals surface area contributed by atoms with Gasteiger partial charge in [0.05, 0.1) is 11.9 Å². The summed E-state index contributed by atoms with van der Waals surface area (Å²) < 4.78 is 9.58. The van der Waals surface area contributed by atoms with Crippen molar-refractivity contribution >= 4 is 35.6 Å². The summed E-state index contributed by atoms with van der Waals surface area (Å²) in [5.41, 5.74) is 2.06. The van der Waals surface area contributed by atoms with E-state index in [9.17, 15) is 19.2 Å². The predicted octanol–water partition coefficient (Wildman–Crippen LogP) is 5.94. The molecule has 3 amide bonds. The number of methoxy groups -OCH3 is 1. The van der Waals surface area contributed by atoms with Crippen LogP contribution in [0.4, 0.5) is 4.79 Å². The van der Waals surface area contributed by atoms with Gasteiger partial charge < -0.3 is 25.4 Å². The third-order valence-corrected chi connectivity index (χ3v) is 8.85. The molecule has 0 radical (unpaired) electrons. The van der Waals surface area contributed by atoms with Gasteiger partial charge in [-0.3, -0.25) is 9.59 Å². The monoisotopic (exact) mass is 659 g/mol. The number of thioether (sulfide) groups is 1. The third kappa shape index (κ3) is 9.96. The molecule has 0 saturated carbocycles. The first-order chi connectivity index (χ1) is 22.3. The first kappa shape index (κ1) is 36.9. The molecule has 9 nitrogen and oxygen atoms in total. The predicted molar refractivity (Wildman–Crippen MR) is 186 cm³/mol. The van der Waals surface area contributed by atoms with E-state index in [1.807, 2.05) is 91.0 Å². The van der Waals surface area contributed by atoms with Crippen LogP contribution in [0, 0.1) is 5.92 Å². The summed E-state index contributed by atoms with van der Waals surface area (Å²) in [5, 5.41) is 8.04. The molecule has 0 unspecified atom stereocenters. The molecule has 3 aromatic rings. The molecule has 250 valence electrons. The summed E-state index contributed by atoms with van der Waals surface area (Å²) in [5.74, 6) is -2.07. The van der Waals surface area contributed by atoms with Crippen LogP contribution < -0.4 is 16.0 Å². The molecule has 0 aliphatic carbocycles. The summed E-state index contributed by atoms with van der Waals surface area (Å²) in [6.45, 7) is 10.3. The second-order valence-corrected chi connectivity index (χ2v) is 13.4. The number of carbonyl (C=O) groups is 4. The van der Waals surface area contributed by atoms with Crippen molar-refractivity contribution in [3.05, 3.63) is 119 Å². The number of alkyl carbamates (subject to hydrolysis) is 1. The maximum atomic E-state index is 13.9. The van der Waals surface area contributed by atoms with Gasteiger partial charge in [0.1, 0.15) is 23.4 Å². The van der Waals surface area contributed by atoms with Crippen molar-refractivity contribution in [1.82, 2.24) is 16.0 Å². The molecule has 3 aromatic carbocycles. The quantitative estimate of drug-likeness (QED) is 0.118. The van der Waals surface area contributed by atoms with E-state index < -0.39 is 46.3 Å². The highest BCUT2D eigenvalue weighted by Gasteiger charge is 2.39. The number of amides is 3. The Kier molecular flexibility index (Phi) is 13.2. The Morgan fingerprint density at radius 1 is 0.787 bits per heavy atom. The zero-order valence-electron chi connectivity index (χ0n) is 28.0. The third-order valence-electron chi connectivity index (χ3n) is 7.21. The van der Waals surface area contributed by atoms with Crippen LogP contribution in [0.5, 0.6) is 0 Å². The second kappa shape index (κ2) is 16.8. The number of ether oxygens (including phenoxy) is 2. The topological polar surface area (TPSA) is 123 Å². The van der Waals surface area contributed by atoms with E-state index in [0.29, 0.717) is 0 Å². The number of hydrogen-bond donors (Lipinski definition) is 3. The molecule has 0 fully saturated rings. The number of carbonyl (C=O) groups excluding carboxylic acids is 4. The van der Waals surface area contributed by atoms with Gasteiger partial charge in [0.15, 0.2) is 0 Å². The Morgan fingerprint density at radius 3 is 1.64 bits per heavy atom. The van der Waals surface area contributed by atoms with Crippen LogP contribution in [0.25, 0.3) is 0 Å². The van der Waals surface area contributed by atoms with Crippen LogP contribution >= 0.6 is 11.8 Å². The van der Waals surface area contributed by atoms with E-state index in [2.05, 4.69) is 16.0 Å². The zero-order chi connectivity index (χ0) is 34.6. The summed E-state index contributed by atoms with van der Waals surface area (Å²) in [6, 6.07) is 27.8. The van der Waals surface area contributed by atoms with Gasteiger partial charge in [-0.1, -0.05) is 111 Å². The number of nitrogens with one attached hydrogen (secondary N) is 3. The molecule has 0 aliphatic rings. The van der Waals surface area contributed by atoms with Crippen molar-refractivity contribution in [1.29, 1.82) is 0 Å². The van der Waals surface area contributed by atoms with E-state index in [1.54, 1.807) is 41.5 Å². The number of hydrogen-bond acceptors (Lipinski definition) is 7. The van der Waals surface area contributed by atoms with Crippen LogP contribution in [0.15, 0.2) is 103 Å². The van der Waals surface area contributed by atoms with Crippen molar-refractivity contribution in [2.24, 2.45) is 5.92 Å². The highest BCUT2D eigenvalue weighted by molar-refractivity contribution is 8.00. The normalized spacial score (nSPS) is 13.2. The Labute approximate surface area is 281 Å². The minimum Gasteiger partial charge on any atom is -0.467 e. The minimum absolute atomic E-state index is 0.0778. The molecular weight excluding hydrogens is 614 g/mol. The summed E-state index contributed by atoms with van der Waals surface area (Å²) in [4.78, 5) is 52.5. The van der Waals surface area contributed by atoms with Crippen LogP contribution in [0.1, 0.15) is 58.2 Å². The van der Waals surface area contributed by atoms with Crippen LogP contribution in [0.3, 0.4) is 0 Å². The van der Waals surface area contributed by atoms with Crippen LogP contribution in [-0.4, -0.2) is 54.4 Å². The van der Waals surface area contributed by atoms with E-state index >= 15 is 0 Å². The Balaban J connectivity index is 2.02. The van der Waals surface area contributed by atoms with Gasteiger partial charge in [0.2, 0.25) is 5.91 Å². The molecule has 10 heteroatoms. The molecule has 0 bridgehead atoms. The van der Waals surface area contributed by atoms with Crippen molar-refractivity contribution in [3.8, 4) is 0 Å². The van der Waals surface area contributed by atoms with E-state index in [-0.39, 0.29) is 17.4 Å². The van der Waals surface area contributed by atoms with Gasteiger partial charge in [-0.15, -0.1) is 11.8 Å². The fourth-order valence-electron chi connectivity index (χ4n) is 4.93. The number of rotatable bonds is 13. The van der Waals surface area contributed by atoms with Gasteiger partial charge in [-0.25, -0.2) is 9.59 Å². The lowest BCUT2D eigenvalue weighted by atomic mass is 9.84. The molecule has 0 saturated heterocycles. The highest BCUT2D eigenvalue weighted by atomic mass is 32.2. The Bertz CT molecular complexity index is 1430. The summed E-state index contributed by atoms with van der Waals surface area (Å²) >= 11 is 1.48. The zero-order valence-corrected chi connectivity index (χ0v) is 28.9. The Morgan fingerprint density at radius 2 is 1.26 bits per heavy atom. The van der Waals surface area contributed by atoms with Crippen LogP contribution in [-0.2, 0) is 28.6 Å². The number of esters is 1. The molecule has 3 N–H and O–H groups in total. The van der Waals surface area contributed by atoms with E-state index in [4.69, 9.17) is 9.47 Å².